The second kappa shape index (κ2) is 7.97. The number of nitrogens with two attached hydrogens (primary N) is 1. The molecule has 3 atom stereocenters. The fourth-order valence-corrected chi connectivity index (χ4v) is 2.61. The van der Waals surface area contributed by atoms with Crippen molar-refractivity contribution in [1.82, 2.24) is 15.3 Å². The first-order valence-corrected chi connectivity index (χ1v) is 7.96. The van der Waals surface area contributed by atoms with Crippen LogP contribution in [0.2, 0.25) is 0 Å². The monoisotopic (exact) mass is 340 g/mol. The van der Waals surface area contributed by atoms with Crippen LogP contribution in [0.25, 0.3) is 0 Å². The van der Waals surface area contributed by atoms with E-state index >= 15 is 0 Å². The Morgan fingerprint density at radius 3 is 2.79 bits per heavy atom. The molecule has 1 aromatic rings. The maximum Gasteiger partial charge on any atom is 0.320 e. The zero-order chi connectivity index (χ0) is 17.7. The quantitative estimate of drug-likeness (QED) is 0.371. The Morgan fingerprint density at radius 1 is 1.50 bits per heavy atom. The number of aromatic amines is 1. The standard InChI is InChI=1S/C9H15N5O2.C5H9NO2/c1-2-5(15)4-3-11-7-6(12-4)8(16)14-9(10)13-7;7-5(8)4-2-1-3-6-4/h4-5,12,15H,2-3H2,1H3,(H4,10,11,13,14,16);4,6H,1-3H2,(H,7,8). The molecule has 0 aliphatic carbocycles. The molecule has 2 aliphatic rings. The van der Waals surface area contributed by atoms with Crippen molar-refractivity contribution >= 4 is 23.4 Å². The Kier molecular flexibility index (Phi) is 5.99. The molecule has 3 unspecified atom stereocenters. The number of rotatable bonds is 3. The average molecular weight is 340 g/mol. The summed E-state index contributed by atoms with van der Waals surface area (Å²) >= 11 is 0. The number of aliphatic hydroxyl groups excluding tert-OH is 1. The molecule has 1 fully saturated rings. The highest BCUT2D eigenvalue weighted by Crippen LogP contribution is 2.21. The fraction of sp³-hybridized carbons (Fsp3) is 0.643. The van der Waals surface area contributed by atoms with Crippen LogP contribution in [0.4, 0.5) is 17.5 Å². The molecule has 3 rings (SSSR count). The molecule has 0 amide bonds. The third-order valence-corrected chi connectivity index (χ3v) is 4.00. The van der Waals surface area contributed by atoms with Crippen molar-refractivity contribution in [1.29, 1.82) is 0 Å². The summed E-state index contributed by atoms with van der Waals surface area (Å²) in [4.78, 5) is 28.1. The van der Waals surface area contributed by atoms with Crippen molar-refractivity contribution < 1.29 is 15.0 Å². The predicted molar refractivity (Wildman–Crippen MR) is 90.1 cm³/mol. The summed E-state index contributed by atoms with van der Waals surface area (Å²) < 4.78 is 0. The molecule has 8 N–H and O–H groups in total. The number of H-pyrrole nitrogens is 1. The zero-order valence-electron chi connectivity index (χ0n) is 13.5. The highest BCUT2D eigenvalue weighted by molar-refractivity contribution is 5.73. The van der Waals surface area contributed by atoms with Gasteiger partial charge in [-0.05, 0) is 25.8 Å². The van der Waals surface area contributed by atoms with E-state index in [-0.39, 0.29) is 23.6 Å². The maximum atomic E-state index is 11.6. The summed E-state index contributed by atoms with van der Waals surface area (Å²) in [6.07, 6.45) is 1.90. The van der Waals surface area contributed by atoms with Gasteiger partial charge in [0.25, 0.3) is 5.56 Å². The van der Waals surface area contributed by atoms with E-state index in [9.17, 15) is 14.7 Å². The summed E-state index contributed by atoms with van der Waals surface area (Å²) in [7, 11) is 0. The van der Waals surface area contributed by atoms with Gasteiger partial charge in [-0.3, -0.25) is 14.6 Å². The van der Waals surface area contributed by atoms with Crippen LogP contribution in [0.3, 0.4) is 0 Å². The molecule has 24 heavy (non-hydrogen) atoms. The lowest BCUT2D eigenvalue weighted by molar-refractivity contribution is -0.139. The Hall–Kier alpha value is -2.33. The van der Waals surface area contributed by atoms with E-state index in [0.29, 0.717) is 24.5 Å². The van der Waals surface area contributed by atoms with Crippen molar-refractivity contribution in [2.45, 2.75) is 44.4 Å². The Morgan fingerprint density at radius 2 is 2.25 bits per heavy atom. The van der Waals surface area contributed by atoms with Crippen LogP contribution in [0.5, 0.6) is 0 Å². The molecule has 0 saturated carbocycles. The minimum atomic E-state index is -0.720. The second-order valence-corrected chi connectivity index (χ2v) is 5.77. The number of hydrogen-bond acceptors (Lipinski definition) is 8. The lowest BCUT2D eigenvalue weighted by Crippen LogP contribution is -2.44. The van der Waals surface area contributed by atoms with E-state index in [1.165, 1.54) is 0 Å². The number of nitrogen functional groups attached to an aromatic ring is 1. The number of carbonyl (C=O) groups is 1. The number of carboxylic acids is 1. The van der Waals surface area contributed by atoms with Crippen molar-refractivity contribution in [2.24, 2.45) is 0 Å². The van der Waals surface area contributed by atoms with Crippen LogP contribution in [0.15, 0.2) is 4.79 Å². The van der Waals surface area contributed by atoms with Crippen molar-refractivity contribution in [3.05, 3.63) is 10.4 Å². The topological polar surface area (TPSA) is 165 Å². The summed E-state index contributed by atoms with van der Waals surface area (Å²) in [6.45, 7) is 3.25. The molecule has 0 radical (unpaired) electrons. The number of aromatic nitrogens is 2. The van der Waals surface area contributed by atoms with E-state index in [4.69, 9.17) is 10.8 Å². The molecule has 10 nitrogen and oxygen atoms in total. The third kappa shape index (κ3) is 4.36. The fourth-order valence-electron chi connectivity index (χ4n) is 2.61. The number of anilines is 3. The van der Waals surface area contributed by atoms with Crippen molar-refractivity contribution in [3.8, 4) is 0 Å². The molecule has 0 bridgehead atoms. The molecule has 0 spiro atoms. The number of nitrogens with zero attached hydrogens (tertiary/aromatic N) is 1. The van der Waals surface area contributed by atoms with Gasteiger partial charge in [-0.25, -0.2) is 0 Å². The van der Waals surface area contributed by atoms with Gasteiger partial charge in [-0.2, -0.15) is 4.98 Å². The number of fused-ring (bicyclic) bond motifs is 1. The van der Waals surface area contributed by atoms with Crippen LogP contribution in [0, 0.1) is 0 Å². The van der Waals surface area contributed by atoms with Crippen LogP contribution >= 0.6 is 0 Å². The normalized spacial score (nSPS) is 23.1. The molecule has 1 saturated heterocycles. The lowest BCUT2D eigenvalue weighted by atomic mass is 10.1. The van der Waals surface area contributed by atoms with Crippen LogP contribution < -0.4 is 27.2 Å². The molecule has 2 aliphatic heterocycles. The summed E-state index contributed by atoms with van der Waals surface area (Å²) in [5, 5.41) is 26.8. The van der Waals surface area contributed by atoms with Gasteiger partial charge in [0.2, 0.25) is 5.95 Å². The van der Waals surface area contributed by atoms with Crippen LogP contribution in [-0.4, -0.2) is 57.4 Å². The molecule has 0 aromatic carbocycles. The maximum absolute atomic E-state index is 11.6. The Bertz CT molecular complexity index is 628. The predicted octanol–water partition coefficient (Wildman–Crippen LogP) is -0.848. The highest BCUT2D eigenvalue weighted by Gasteiger charge is 2.25. The number of carboxylic acid groups (broad SMARTS) is 1. The van der Waals surface area contributed by atoms with Gasteiger partial charge >= 0.3 is 5.97 Å². The second-order valence-electron chi connectivity index (χ2n) is 5.77. The Labute approximate surface area is 138 Å². The van der Waals surface area contributed by atoms with Gasteiger partial charge in [-0.15, -0.1) is 0 Å². The van der Waals surface area contributed by atoms with E-state index in [0.717, 1.165) is 19.4 Å². The molecular weight excluding hydrogens is 316 g/mol. The summed E-state index contributed by atoms with van der Waals surface area (Å²) in [5.74, 6) is -0.212. The zero-order valence-corrected chi connectivity index (χ0v) is 13.5. The third-order valence-electron chi connectivity index (χ3n) is 4.00. The summed E-state index contributed by atoms with van der Waals surface area (Å²) in [6, 6.07) is -0.459. The lowest BCUT2D eigenvalue weighted by Gasteiger charge is -2.29. The van der Waals surface area contributed by atoms with E-state index in [2.05, 4.69) is 25.9 Å². The van der Waals surface area contributed by atoms with Gasteiger partial charge in [-0.1, -0.05) is 6.92 Å². The average Bonchev–Trinajstić information content (AvgIpc) is 3.09. The number of nitrogens with one attached hydrogen (secondary N) is 4. The van der Waals surface area contributed by atoms with Gasteiger partial charge in [0.15, 0.2) is 5.82 Å². The minimum absolute atomic E-state index is 0.0764. The molecule has 1 aromatic heterocycles. The van der Waals surface area contributed by atoms with E-state index in [1.807, 2.05) is 6.92 Å². The van der Waals surface area contributed by atoms with Crippen molar-refractivity contribution in [2.75, 3.05) is 29.5 Å². The number of hydrogen-bond donors (Lipinski definition) is 7. The first-order chi connectivity index (χ1) is 11.4. The first kappa shape index (κ1) is 18.0. The van der Waals surface area contributed by atoms with Crippen molar-refractivity contribution in [3.63, 3.8) is 0 Å². The van der Waals surface area contributed by atoms with Gasteiger partial charge in [0.05, 0.1) is 12.1 Å². The highest BCUT2D eigenvalue weighted by atomic mass is 16.4. The van der Waals surface area contributed by atoms with E-state index in [1.54, 1.807) is 0 Å². The van der Waals surface area contributed by atoms with Gasteiger partial charge < -0.3 is 31.9 Å². The molecule has 3 heterocycles. The molecule has 134 valence electrons. The SMILES string of the molecule is CCC(O)C1CNc2nc(N)[nH]c(=O)c2N1.O=C(O)C1CCCN1. The van der Waals surface area contributed by atoms with Gasteiger partial charge in [0, 0.05) is 6.54 Å². The number of aliphatic hydroxyl groups is 1. The van der Waals surface area contributed by atoms with Crippen LogP contribution in [-0.2, 0) is 4.79 Å². The van der Waals surface area contributed by atoms with Gasteiger partial charge in [0.1, 0.15) is 11.7 Å². The molecule has 10 heteroatoms. The Balaban J connectivity index is 0.000000219. The smallest absolute Gasteiger partial charge is 0.320 e. The van der Waals surface area contributed by atoms with Crippen LogP contribution in [0.1, 0.15) is 26.2 Å². The molecular formula is C14H24N6O4. The largest absolute Gasteiger partial charge is 0.480 e. The first-order valence-electron chi connectivity index (χ1n) is 7.96. The number of aliphatic carboxylic acids is 1. The minimum Gasteiger partial charge on any atom is -0.480 e. The van der Waals surface area contributed by atoms with E-state index < -0.39 is 12.1 Å². The summed E-state index contributed by atoms with van der Waals surface area (Å²) in [5.41, 5.74) is 5.42.